The average Bonchev–Trinajstić information content (AvgIpc) is 2.29. The van der Waals surface area contributed by atoms with Crippen LogP contribution in [0.25, 0.3) is 0 Å². The van der Waals surface area contributed by atoms with Gasteiger partial charge < -0.3 is 30.2 Å². The summed E-state index contributed by atoms with van der Waals surface area (Å²) in [6, 6.07) is -0.525. The van der Waals surface area contributed by atoms with Crippen LogP contribution in [0.15, 0.2) is 0 Å². The van der Waals surface area contributed by atoms with Crippen molar-refractivity contribution in [3.63, 3.8) is 0 Å². The molecule has 96 valence electrons. The fourth-order valence-corrected chi connectivity index (χ4v) is 2.03. The summed E-state index contributed by atoms with van der Waals surface area (Å²) < 4.78 is 15.5. The predicted molar refractivity (Wildman–Crippen MR) is 57.0 cm³/mol. The zero-order chi connectivity index (χ0) is 12.1. The highest BCUT2D eigenvalue weighted by atomic mass is 16.5. The largest absolute Gasteiger partial charge is 0.394 e. The zero-order valence-corrected chi connectivity index (χ0v) is 9.70. The second-order valence-corrected chi connectivity index (χ2v) is 4.04. The quantitative estimate of drug-likeness (QED) is 0.528. The van der Waals surface area contributed by atoms with Gasteiger partial charge in [0.25, 0.3) is 0 Å². The molecule has 1 rings (SSSR count). The molecule has 0 spiro atoms. The Bertz CT molecular complexity index is 202. The average molecular weight is 235 g/mol. The van der Waals surface area contributed by atoms with E-state index in [1.54, 1.807) is 0 Å². The molecule has 6 heteroatoms. The lowest BCUT2D eigenvalue weighted by Crippen LogP contribution is -2.61. The van der Waals surface area contributed by atoms with Crippen LogP contribution >= 0.6 is 0 Å². The van der Waals surface area contributed by atoms with Gasteiger partial charge in [-0.05, 0) is 0 Å². The molecule has 16 heavy (non-hydrogen) atoms. The lowest BCUT2D eigenvalue weighted by Gasteiger charge is -2.42. The van der Waals surface area contributed by atoms with E-state index in [2.05, 4.69) is 0 Å². The SMILES string of the molecule is COCC1OC(CO)C(COC)C(O)C1N. The van der Waals surface area contributed by atoms with E-state index in [1.165, 1.54) is 14.2 Å². The van der Waals surface area contributed by atoms with E-state index >= 15 is 0 Å². The van der Waals surface area contributed by atoms with Crippen LogP contribution in [0.3, 0.4) is 0 Å². The van der Waals surface area contributed by atoms with Crippen molar-refractivity contribution in [3.05, 3.63) is 0 Å². The van der Waals surface area contributed by atoms with Crippen molar-refractivity contribution in [3.8, 4) is 0 Å². The molecular formula is C10H21NO5. The molecule has 1 aliphatic heterocycles. The maximum atomic E-state index is 10.0. The third-order valence-electron chi connectivity index (χ3n) is 2.96. The van der Waals surface area contributed by atoms with Crippen LogP contribution in [0.5, 0.6) is 0 Å². The fraction of sp³-hybridized carbons (Fsp3) is 1.00. The van der Waals surface area contributed by atoms with Gasteiger partial charge in [-0.15, -0.1) is 0 Å². The van der Waals surface area contributed by atoms with Gasteiger partial charge >= 0.3 is 0 Å². The number of rotatable bonds is 5. The maximum Gasteiger partial charge on any atom is 0.0989 e. The molecule has 1 fully saturated rings. The van der Waals surface area contributed by atoms with Gasteiger partial charge in [0.1, 0.15) is 0 Å². The van der Waals surface area contributed by atoms with Crippen molar-refractivity contribution in [2.24, 2.45) is 11.7 Å². The molecular weight excluding hydrogens is 214 g/mol. The molecule has 6 nitrogen and oxygen atoms in total. The van der Waals surface area contributed by atoms with Crippen LogP contribution < -0.4 is 5.73 Å². The van der Waals surface area contributed by atoms with E-state index in [-0.39, 0.29) is 12.5 Å². The van der Waals surface area contributed by atoms with Gasteiger partial charge in [0.2, 0.25) is 0 Å². The Morgan fingerprint density at radius 2 is 1.81 bits per heavy atom. The summed E-state index contributed by atoms with van der Waals surface area (Å²) in [5, 5.41) is 19.2. The Morgan fingerprint density at radius 1 is 1.19 bits per heavy atom. The van der Waals surface area contributed by atoms with Gasteiger partial charge in [0.15, 0.2) is 0 Å². The van der Waals surface area contributed by atoms with Crippen molar-refractivity contribution < 1.29 is 24.4 Å². The lowest BCUT2D eigenvalue weighted by atomic mass is 9.86. The molecule has 0 aromatic rings. The highest BCUT2D eigenvalue weighted by Crippen LogP contribution is 2.25. The Hall–Kier alpha value is -0.240. The molecule has 5 atom stereocenters. The molecule has 1 saturated heterocycles. The Morgan fingerprint density at radius 3 is 2.31 bits per heavy atom. The van der Waals surface area contributed by atoms with Gasteiger partial charge in [-0.25, -0.2) is 0 Å². The van der Waals surface area contributed by atoms with Gasteiger partial charge in [-0.2, -0.15) is 0 Å². The number of hydrogen-bond acceptors (Lipinski definition) is 6. The van der Waals surface area contributed by atoms with Crippen molar-refractivity contribution in [1.82, 2.24) is 0 Å². The lowest BCUT2D eigenvalue weighted by molar-refractivity contribution is -0.183. The summed E-state index contributed by atoms with van der Waals surface area (Å²) in [4.78, 5) is 0. The standard InChI is InChI=1S/C10H21NO5/c1-14-4-6-7(3-12)16-8(5-15-2)9(11)10(6)13/h6-10,12-13H,3-5,11H2,1-2H3. The minimum Gasteiger partial charge on any atom is -0.394 e. The van der Waals surface area contributed by atoms with Crippen molar-refractivity contribution >= 4 is 0 Å². The minimum absolute atomic E-state index is 0.169. The fourth-order valence-electron chi connectivity index (χ4n) is 2.03. The summed E-state index contributed by atoms with van der Waals surface area (Å²) >= 11 is 0. The molecule has 5 unspecified atom stereocenters. The number of ether oxygens (including phenoxy) is 3. The van der Waals surface area contributed by atoms with E-state index in [9.17, 15) is 10.2 Å². The smallest absolute Gasteiger partial charge is 0.0989 e. The van der Waals surface area contributed by atoms with E-state index in [0.29, 0.717) is 13.2 Å². The topological polar surface area (TPSA) is 94.2 Å². The number of aliphatic hydroxyl groups excluding tert-OH is 2. The summed E-state index contributed by atoms with van der Waals surface area (Å²) in [7, 11) is 3.07. The number of aliphatic hydroxyl groups is 2. The monoisotopic (exact) mass is 235 g/mol. The Labute approximate surface area is 95.3 Å². The van der Waals surface area contributed by atoms with Gasteiger partial charge in [-0.1, -0.05) is 0 Å². The molecule has 4 N–H and O–H groups in total. The van der Waals surface area contributed by atoms with Crippen LogP contribution in [0.1, 0.15) is 0 Å². The number of methoxy groups -OCH3 is 2. The normalized spacial score (nSPS) is 39.9. The minimum atomic E-state index is -0.758. The van der Waals surface area contributed by atoms with Crippen LogP contribution in [0.4, 0.5) is 0 Å². The number of nitrogens with two attached hydrogens (primary N) is 1. The molecule has 1 aliphatic rings. The summed E-state index contributed by atoms with van der Waals surface area (Å²) in [6.07, 6.45) is -1.62. The summed E-state index contributed by atoms with van der Waals surface area (Å²) in [5.74, 6) is -0.307. The molecule has 0 amide bonds. The van der Waals surface area contributed by atoms with Crippen LogP contribution in [-0.4, -0.2) is 68.6 Å². The second-order valence-electron chi connectivity index (χ2n) is 4.04. The highest BCUT2D eigenvalue weighted by Gasteiger charge is 2.42. The zero-order valence-electron chi connectivity index (χ0n) is 9.70. The third-order valence-corrected chi connectivity index (χ3v) is 2.96. The molecule has 0 aliphatic carbocycles. The molecule has 0 saturated carbocycles. The molecule has 0 aromatic heterocycles. The third kappa shape index (κ3) is 2.91. The first-order valence-corrected chi connectivity index (χ1v) is 5.33. The maximum absolute atomic E-state index is 10.0. The second kappa shape index (κ2) is 6.48. The van der Waals surface area contributed by atoms with Gasteiger partial charge in [-0.3, -0.25) is 0 Å². The van der Waals surface area contributed by atoms with Crippen molar-refractivity contribution in [2.75, 3.05) is 34.0 Å². The van der Waals surface area contributed by atoms with Crippen molar-refractivity contribution in [1.29, 1.82) is 0 Å². The van der Waals surface area contributed by atoms with Gasteiger partial charge in [0, 0.05) is 20.1 Å². The molecule has 0 radical (unpaired) electrons. The van der Waals surface area contributed by atoms with Gasteiger partial charge in [0.05, 0.1) is 44.2 Å². The van der Waals surface area contributed by atoms with E-state index in [1.807, 2.05) is 0 Å². The van der Waals surface area contributed by atoms with E-state index < -0.39 is 24.4 Å². The van der Waals surface area contributed by atoms with Crippen LogP contribution in [0.2, 0.25) is 0 Å². The summed E-state index contributed by atoms with van der Waals surface area (Å²) in [5.41, 5.74) is 5.85. The number of hydrogen-bond donors (Lipinski definition) is 3. The molecule has 0 aromatic carbocycles. The van der Waals surface area contributed by atoms with E-state index in [4.69, 9.17) is 19.9 Å². The first-order valence-electron chi connectivity index (χ1n) is 5.33. The molecule has 1 heterocycles. The molecule has 0 bridgehead atoms. The predicted octanol–water partition coefficient (Wildman–Crippen LogP) is -1.66. The first-order chi connectivity index (χ1) is 7.65. The van der Waals surface area contributed by atoms with Crippen LogP contribution in [0, 0.1) is 5.92 Å². The highest BCUT2D eigenvalue weighted by molar-refractivity contribution is 4.94. The van der Waals surface area contributed by atoms with Crippen LogP contribution in [-0.2, 0) is 14.2 Å². The Balaban J connectivity index is 2.68. The van der Waals surface area contributed by atoms with Crippen molar-refractivity contribution in [2.45, 2.75) is 24.4 Å². The summed E-state index contributed by atoms with van der Waals surface area (Å²) in [6.45, 7) is 0.437. The first kappa shape index (κ1) is 13.8. The Kier molecular flexibility index (Phi) is 5.60. The van der Waals surface area contributed by atoms with E-state index in [0.717, 1.165) is 0 Å².